The highest BCUT2D eigenvalue weighted by Crippen LogP contribution is 2.45. The molecule has 142 heavy (non-hydrogen) atoms. The lowest BCUT2D eigenvalue weighted by Gasteiger charge is -2.53. The molecule has 0 bridgehead atoms. The summed E-state index contributed by atoms with van der Waals surface area (Å²) in [6.45, 7) is 17.4. The van der Waals surface area contributed by atoms with Crippen LogP contribution in [0.4, 0.5) is 0 Å². The molecular formula is C114H136N2O23S2Si. The monoisotopic (exact) mass is 1990 g/mol. The van der Waals surface area contributed by atoms with Crippen LogP contribution < -0.4 is 9.44 Å². The highest BCUT2D eigenvalue weighted by molar-refractivity contribution is 7.89. The maximum atomic E-state index is 16.2. The lowest BCUT2D eigenvalue weighted by atomic mass is 9.92. The minimum Gasteiger partial charge on any atom is -0.391 e. The number of sulfonamides is 2. The zero-order valence-electron chi connectivity index (χ0n) is 82.1. The van der Waals surface area contributed by atoms with Gasteiger partial charge in [-0.3, -0.25) is 0 Å². The molecular weight excluding hydrogens is 1860 g/mol. The predicted octanol–water partition coefficient (Wildman–Crippen LogP) is 19.1. The van der Waals surface area contributed by atoms with Gasteiger partial charge in [0.15, 0.2) is 39.8 Å². The van der Waals surface area contributed by atoms with Crippen molar-refractivity contribution in [2.75, 3.05) is 26.4 Å². The Bertz CT molecular complexity index is 5750. The normalized spacial score (nSPS) is 27.3. The topological polar surface area (TPSA) is 268 Å². The van der Waals surface area contributed by atoms with Gasteiger partial charge in [0.25, 0.3) is 0 Å². The molecule has 5 heterocycles. The van der Waals surface area contributed by atoms with Crippen LogP contribution in [0.1, 0.15) is 111 Å². The van der Waals surface area contributed by atoms with Gasteiger partial charge >= 0.3 is 0 Å². The summed E-state index contributed by atoms with van der Waals surface area (Å²) in [5.74, 6) is -0.395. The smallest absolute Gasteiger partial charge is 0.241 e. The first-order valence-electron chi connectivity index (χ1n) is 49.5. The van der Waals surface area contributed by atoms with E-state index >= 15 is 16.8 Å². The van der Waals surface area contributed by atoms with Crippen LogP contribution in [0.5, 0.6) is 0 Å². The molecule has 5 saturated heterocycles. The molecule has 23 atom stereocenters. The van der Waals surface area contributed by atoms with Crippen molar-refractivity contribution in [2.45, 2.75) is 277 Å². The first kappa shape index (κ1) is 106. The predicted molar refractivity (Wildman–Crippen MR) is 540 cm³/mol. The fourth-order valence-electron chi connectivity index (χ4n) is 18.3. The van der Waals surface area contributed by atoms with E-state index in [4.69, 9.17) is 89.7 Å². The zero-order chi connectivity index (χ0) is 98.7. The maximum absolute atomic E-state index is 16.2. The molecule has 28 heteroatoms. The first-order chi connectivity index (χ1) is 69.0. The van der Waals surface area contributed by atoms with Crippen LogP contribution in [0.25, 0.3) is 0 Å². The van der Waals surface area contributed by atoms with E-state index in [1.165, 1.54) is 24.3 Å². The third-order valence-corrected chi connectivity index (χ3v) is 34.6. The molecule has 756 valence electrons. The Morgan fingerprint density at radius 3 is 1.01 bits per heavy atom. The van der Waals surface area contributed by atoms with Crippen molar-refractivity contribution in [3.63, 3.8) is 0 Å². The van der Waals surface area contributed by atoms with E-state index in [-0.39, 0.29) is 101 Å². The van der Waals surface area contributed by atoms with Gasteiger partial charge in [-0.1, -0.05) is 351 Å². The Kier molecular flexibility index (Phi) is 38.4. The van der Waals surface area contributed by atoms with Crippen molar-refractivity contribution in [1.82, 2.24) is 9.44 Å². The van der Waals surface area contributed by atoms with Gasteiger partial charge in [-0.15, -0.1) is 0 Å². The summed E-state index contributed by atoms with van der Waals surface area (Å²) in [7, 11) is -12.1. The van der Waals surface area contributed by atoms with Crippen molar-refractivity contribution in [3.05, 3.63) is 384 Å². The molecule has 11 aromatic carbocycles. The average Bonchev–Trinajstić information content (AvgIpc) is 0.748. The molecule has 0 aromatic heterocycles. The van der Waals surface area contributed by atoms with Gasteiger partial charge in [0.05, 0.1) is 120 Å². The lowest BCUT2D eigenvalue weighted by molar-refractivity contribution is -0.385. The molecule has 16 rings (SSSR count). The molecule has 0 saturated carbocycles. The van der Waals surface area contributed by atoms with Gasteiger partial charge in [0, 0.05) is 18.8 Å². The summed E-state index contributed by atoms with van der Waals surface area (Å²) in [5, 5.41) is -0.418. The molecule has 5 fully saturated rings. The minimum atomic E-state index is -4.72. The second-order valence-corrected chi connectivity index (χ2v) is 46.8. The molecule has 25 nitrogen and oxygen atoms in total. The Morgan fingerprint density at radius 1 is 0.303 bits per heavy atom. The van der Waals surface area contributed by atoms with Crippen molar-refractivity contribution in [1.29, 1.82) is 0 Å². The average molecular weight is 1990 g/mol. The summed E-state index contributed by atoms with van der Waals surface area (Å²) in [5.41, 5.74) is 7.83. The van der Waals surface area contributed by atoms with Crippen LogP contribution in [0, 0.1) is 11.8 Å². The molecule has 0 spiro atoms. The Labute approximate surface area is 838 Å². The molecule has 0 aliphatic carbocycles. The minimum absolute atomic E-state index is 0.0294. The van der Waals surface area contributed by atoms with Crippen molar-refractivity contribution in [3.8, 4) is 0 Å². The van der Waals surface area contributed by atoms with E-state index in [2.05, 4.69) is 57.2 Å². The Hall–Kier alpha value is -9.30. The van der Waals surface area contributed by atoms with Gasteiger partial charge in [-0.05, 0) is 105 Å². The van der Waals surface area contributed by atoms with Crippen LogP contribution in [0.15, 0.2) is 343 Å². The zero-order valence-corrected chi connectivity index (χ0v) is 84.7. The van der Waals surface area contributed by atoms with Gasteiger partial charge in [-0.2, -0.15) is 0 Å². The number of hydrogen-bond donors (Lipinski definition) is 2. The number of hydrogen-bond acceptors (Lipinski definition) is 23. The van der Waals surface area contributed by atoms with E-state index in [0.717, 1.165) is 44.5 Å². The Balaban J connectivity index is 0.850. The second-order valence-electron chi connectivity index (χ2n) is 38.6. The fourth-order valence-corrected chi connectivity index (χ4v) is 22.0. The maximum Gasteiger partial charge on any atom is 0.241 e. The molecule has 2 N–H and O–H groups in total. The molecule has 5 aliphatic rings. The highest BCUT2D eigenvalue weighted by Gasteiger charge is 2.60. The largest absolute Gasteiger partial charge is 0.391 e. The summed E-state index contributed by atoms with van der Waals surface area (Å²) in [6.07, 6.45) is -20.9. The SMILES string of the molecule is CCC1O[C@@H](O[Si](C)(C)C(C)(C)C)C(NS(=O)(=O)c2ccccc2)[C@@H](OCc2ccccc2)[C@H]1O[C@@H]1OC(COCc2ccccc2)[C@H](O[C@@H]2OC(CO[C@H]3C[C@@H](C)[C@@H](OCc4ccccc4)C(COCc4ccccc4)O3)[C@H](OCc3ccccc3)[C@H](O[C@@H]3CC(OCc4ccccc4)[C@H](C)[C@@H](COCc4ccccc4)O3)C2OCc2ccccc2)[C@H](OCc2ccccc2)C1NS(=O)(=O)c1ccccc1. The molecule has 0 radical (unpaired) electrons. The van der Waals surface area contributed by atoms with Crippen LogP contribution in [-0.4, -0.2) is 181 Å². The number of ether oxygens (including phenoxy) is 18. The van der Waals surface area contributed by atoms with E-state index in [1.54, 1.807) is 36.4 Å². The molecule has 8 unspecified atom stereocenters. The highest BCUT2D eigenvalue weighted by atomic mass is 32.2. The second kappa shape index (κ2) is 51.7. The van der Waals surface area contributed by atoms with E-state index in [9.17, 15) is 0 Å². The summed E-state index contributed by atoms with van der Waals surface area (Å²) in [6, 6.07) is 101. The van der Waals surface area contributed by atoms with Crippen molar-refractivity contribution < 1.29 is 107 Å². The Morgan fingerprint density at radius 2 is 0.613 bits per heavy atom. The number of benzene rings is 11. The molecule has 11 aromatic rings. The molecule has 5 aliphatic heterocycles. The lowest BCUT2D eigenvalue weighted by Crippen LogP contribution is -2.71. The first-order valence-corrected chi connectivity index (χ1v) is 55.4. The van der Waals surface area contributed by atoms with Gasteiger partial charge in [0.2, 0.25) is 20.0 Å². The fraction of sp³-hybridized carbons (Fsp3) is 0.421. The van der Waals surface area contributed by atoms with Gasteiger partial charge < -0.3 is 89.7 Å². The van der Waals surface area contributed by atoms with Crippen molar-refractivity contribution >= 4 is 28.4 Å². The number of rotatable bonds is 48. The quantitative estimate of drug-likeness (QED) is 0.0336. The molecule has 0 amide bonds. The summed E-state index contributed by atoms with van der Waals surface area (Å²) in [4.78, 5) is -0.138. The third-order valence-electron chi connectivity index (χ3n) is 27.2. The van der Waals surface area contributed by atoms with Crippen LogP contribution in [0.3, 0.4) is 0 Å². The van der Waals surface area contributed by atoms with Crippen LogP contribution in [-0.2, 0) is 169 Å². The van der Waals surface area contributed by atoms with Crippen LogP contribution in [0.2, 0.25) is 18.1 Å². The van der Waals surface area contributed by atoms with Crippen molar-refractivity contribution in [2.24, 2.45) is 11.8 Å². The van der Waals surface area contributed by atoms with E-state index in [1.807, 2.05) is 280 Å². The van der Waals surface area contributed by atoms with Crippen LogP contribution >= 0.6 is 0 Å². The third kappa shape index (κ3) is 29.3. The summed E-state index contributed by atoms with van der Waals surface area (Å²) >= 11 is 0. The standard InChI is InChI=1S/C114H136N2O23S2Si/c1-9-93-105(108(129-74-89-57-35-17-36-58-89)102(112(133-93)139-142(7,8)114(4,5)6)116-141(119,120)92-63-41-20-42-64-92)137-111-101(115-140(117,118)91-61-39-19-40-62-91)107(128-73-88-55-33-16-34-56-88)106(97(134-111)78-123-69-84-47-25-12-26-48-84)138-113-110(130-75-90-59-37-18-38-60-90)109(136-100-66-94(124-70-85-49-27-13-28-50-85)81(3)95(131-100)76-121-67-82-43-21-10-22-44-82)104(127-72-87-53-31-15-32-54-87)98(135-113)79-125-99-65-80(2)103(126-71-86-51-29-14-30-52-86)96(132-99)77-122-68-83-45-23-11-24-46-83/h10-64,80-81,93-113,115-116H,9,65-79H2,1-8H3/t80-,81+,93?,94?,95-,96?,97?,98?,99-,100-,101?,102?,103-,104+,105+,106+,107-,108-,109+,110?,111+,112+,113+/m1/s1. The van der Waals surface area contributed by atoms with Gasteiger partial charge in [-0.25, -0.2) is 26.3 Å². The summed E-state index contributed by atoms with van der Waals surface area (Å²) < 4.78 is 210. The van der Waals surface area contributed by atoms with E-state index < -0.39 is 162 Å². The number of nitrogens with one attached hydrogen (secondary N) is 2. The van der Waals surface area contributed by atoms with E-state index in [0.29, 0.717) is 31.8 Å². The van der Waals surface area contributed by atoms with Gasteiger partial charge in [0.1, 0.15) is 73.1 Å².